The molecule has 7 nitrogen and oxygen atoms in total. The van der Waals surface area contributed by atoms with E-state index < -0.39 is 4.92 Å². The second kappa shape index (κ2) is 5.64. The molecule has 0 spiro atoms. The van der Waals surface area contributed by atoms with Gasteiger partial charge in [0.15, 0.2) is 0 Å². The third kappa shape index (κ3) is 2.87. The standard InChI is InChI=1S/C12H11N5O2/c13-8-9-3-6-15-12(11(9)17(18)19)16-7-4-10-2-1-5-14-10/h1-3,5-6,14H,4,7H2,(H,15,16). The summed E-state index contributed by atoms with van der Waals surface area (Å²) in [6.07, 6.45) is 3.87. The maximum Gasteiger partial charge on any atom is 0.328 e. The molecule has 19 heavy (non-hydrogen) atoms. The third-order valence-corrected chi connectivity index (χ3v) is 2.58. The Balaban J connectivity index is 2.12. The fourth-order valence-corrected chi connectivity index (χ4v) is 1.70. The van der Waals surface area contributed by atoms with Crippen LogP contribution in [0.5, 0.6) is 0 Å². The Morgan fingerprint density at radius 1 is 1.53 bits per heavy atom. The van der Waals surface area contributed by atoms with Crippen LogP contribution in [0, 0.1) is 21.4 Å². The Bertz CT molecular complexity index is 616. The van der Waals surface area contributed by atoms with Gasteiger partial charge in [-0.3, -0.25) is 10.1 Å². The highest BCUT2D eigenvalue weighted by Gasteiger charge is 2.20. The number of nitriles is 1. The van der Waals surface area contributed by atoms with E-state index in [0.29, 0.717) is 13.0 Å². The van der Waals surface area contributed by atoms with Gasteiger partial charge in [-0.05, 0) is 18.2 Å². The summed E-state index contributed by atoms with van der Waals surface area (Å²) in [5, 5.41) is 22.7. The van der Waals surface area contributed by atoms with Gasteiger partial charge >= 0.3 is 5.69 Å². The first-order valence-electron chi connectivity index (χ1n) is 5.62. The lowest BCUT2D eigenvalue weighted by Crippen LogP contribution is -2.09. The molecule has 96 valence electrons. The van der Waals surface area contributed by atoms with E-state index in [2.05, 4.69) is 15.3 Å². The first-order chi connectivity index (χ1) is 9.22. The Kier molecular flexibility index (Phi) is 3.73. The van der Waals surface area contributed by atoms with Crippen molar-refractivity contribution in [2.45, 2.75) is 6.42 Å². The number of hydrogen-bond acceptors (Lipinski definition) is 5. The number of rotatable bonds is 5. The minimum Gasteiger partial charge on any atom is -0.365 e. The molecule has 0 amide bonds. The zero-order chi connectivity index (χ0) is 13.7. The summed E-state index contributed by atoms with van der Waals surface area (Å²) < 4.78 is 0. The predicted octanol–water partition coefficient (Wildman–Crippen LogP) is 1.84. The Morgan fingerprint density at radius 3 is 3.00 bits per heavy atom. The van der Waals surface area contributed by atoms with Gasteiger partial charge in [0.2, 0.25) is 5.82 Å². The third-order valence-electron chi connectivity index (χ3n) is 2.58. The van der Waals surface area contributed by atoms with Crippen molar-refractivity contribution in [2.75, 3.05) is 11.9 Å². The fourth-order valence-electron chi connectivity index (χ4n) is 1.70. The maximum absolute atomic E-state index is 11.0. The van der Waals surface area contributed by atoms with Crippen LogP contribution < -0.4 is 5.32 Å². The largest absolute Gasteiger partial charge is 0.365 e. The molecule has 0 saturated heterocycles. The van der Waals surface area contributed by atoms with Gasteiger partial charge in [-0.25, -0.2) is 4.98 Å². The van der Waals surface area contributed by atoms with Crippen molar-refractivity contribution in [2.24, 2.45) is 0 Å². The predicted molar refractivity (Wildman–Crippen MR) is 68.6 cm³/mol. The molecule has 0 aliphatic rings. The first kappa shape index (κ1) is 12.6. The highest BCUT2D eigenvalue weighted by Crippen LogP contribution is 2.25. The van der Waals surface area contributed by atoms with Crippen molar-refractivity contribution in [1.82, 2.24) is 9.97 Å². The molecule has 2 aromatic rings. The molecule has 0 bridgehead atoms. The molecule has 0 aromatic carbocycles. The molecule has 0 saturated carbocycles. The molecule has 2 aromatic heterocycles. The number of pyridine rings is 1. The monoisotopic (exact) mass is 257 g/mol. The van der Waals surface area contributed by atoms with Gasteiger partial charge in [0.05, 0.1) is 4.92 Å². The number of nitrogens with one attached hydrogen (secondary N) is 2. The van der Waals surface area contributed by atoms with E-state index >= 15 is 0 Å². The van der Waals surface area contributed by atoms with Crippen molar-refractivity contribution in [1.29, 1.82) is 5.26 Å². The lowest BCUT2D eigenvalue weighted by atomic mass is 10.2. The van der Waals surface area contributed by atoms with E-state index in [1.165, 1.54) is 12.3 Å². The average molecular weight is 257 g/mol. The summed E-state index contributed by atoms with van der Waals surface area (Å²) in [6.45, 7) is 0.489. The molecule has 0 atom stereocenters. The highest BCUT2D eigenvalue weighted by molar-refractivity contribution is 5.64. The molecule has 2 N–H and O–H groups in total. The Hall–Kier alpha value is -2.88. The van der Waals surface area contributed by atoms with Crippen LogP contribution in [-0.2, 0) is 6.42 Å². The van der Waals surface area contributed by atoms with Crippen molar-refractivity contribution in [3.8, 4) is 6.07 Å². The lowest BCUT2D eigenvalue weighted by molar-refractivity contribution is -0.384. The maximum atomic E-state index is 11.0. The fraction of sp³-hybridized carbons (Fsp3) is 0.167. The molecular weight excluding hydrogens is 246 g/mol. The smallest absolute Gasteiger partial charge is 0.328 e. The van der Waals surface area contributed by atoms with E-state index in [1.54, 1.807) is 6.07 Å². The minimum atomic E-state index is -0.595. The van der Waals surface area contributed by atoms with Crippen LogP contribution >= 0.6 is 0 Å². The molecule has 0 unspecified atom stereocenters. The number of hydrogen-bond donors (Lipinski definition) is 2. The van der Waals surface area contributed by atoms with Gasteiger partial charge in [0.1, 0.15) is 11.6 Å². The topological polar surface area (TPSA) is 108 Å². The van der Waals surface area contributed by atoms with Crippen molar-refractivity contribution >= 4 is 11.5 Å². The second-order valence-electron chi connectivity index (χ2n) is 3.80. The second-order valence-corrected chi connectivity index (χ2v) is 3.80. The SMILES string of the molecule is N#Cc1ccnc(NCCc2ccc[nH]2)c1[N+](=O)[O-]. The average Bonchev–Trinajstić information content (AvgIpc) is 2.91. The molecule has 0 radical (unpaired) electrons. The Labute approximate surface area is 109 Å². The summed E-state index contributed by atoms with van der Waals surface area (Å²) in [7, 11) is 0. The molecule has 7 heteroatoms. The molecule has 0 aliphatic carbocycles. The number of H-pyrrole nitrogens is 1. The zero-order valence-corrected chi connectivity index (χ0v) is 9.96. The summed E-state index contributed by atoms with van der Waals surface area (Å²) >= 11 is 0. The summed E-state index contributed by atoms with van der Waals surface area (Å²) in [4.78, 5) is 17.3. The van der Waals surface area contributed by atoms with Gasteiger partial charge < -0.3 is 10.3 Å². The number of aromatic nitrogens is 2. The molecule has 0 aliphatic heterocycles. The quantitative estimate of drug-likeness (QED) is 0.627. The van der Waals surface area contributed by atoms with Gasteiger partial charge in [0.25, 0.3) is 0 Å². The van der Waals surface area contributed by atoms with E-state index in [9.17, 15) is 10.1 Å². The summed E-state index contributed by atoms with van der Waals surface area (Å²) in [6, 6.07) is 6.93. The lowest BCUT2D eigenvalue weighted by Gasteiger charge is -2.05. The van der Waals surface area contributed by atoms with E-state index in [0.717, 1.165) is 5.69 Å². The van der Waals surface area contributed by atoms with E-state index in [4.69, 9.17) is 5.26 Å². The zero-order valence-electron chi connectivity index (χ0n) is 9.96. The summed E-state index contributed by atoms with van der Waals surface area (Å²) in [5.41, 5.74) is 0.741. The number of anilines is 1. The normalized spacial score (nSPS) is 9.84. The molecule has 2 heterocycles. The minimum absolute atomic E-state index is 0.00220. The van der Waals surface area contributed by atoms with Gasteiger partial charge in [-0.1, -0.05) is 0 Å². The first-order valence-corrected chi connectivity index (χ1v) is 5.62. The molecule has 0 fully saturated rings. The van der Waals surface area contributed by atoms with Crippen molar-refractivity contribution in [3.05, 3.63) is 52.0 Å². The van der Waals surface area contributed by atoms with E-state index in [-0.39, 0.29) is 17.1 Å². The van der Waals surface area contributed by atoms with Crippen LogP contribution in [0.3, 0.4) is 0 Å². The van der Waals surface area contributed by atoms with Gasteiger partial charge in [0, 0.05) is 31.1 Å². The van der Waals surface area contributed by atoms with Crippen LogP contribution in [-0.4, -0.2) is 21.4 Å². The van der Waals surface area contributed by atoms with Crippen LogP contribution in [0.15, 0.2) is 30.6 Å². The molecular formula is C12H11N5O2. The van der Waals surface area contributed by atoms with E-state index in [1.807, 2.05) is 18.3 Å². The van der Waals surface area contributed by atoms with Crippen LogP contribution in [0.4, 0.5) is 11.5 Å². The summed E-state index contributed by atoms with van der Waals surface area (Å²) in [5.74, 6) is 0.121. The highest BCUT2D eigenvalue weighted by atomic mass is 16.6. The number of nitrogens with zero attached hydrogens (tertiary/aromatic N) is 3. The van der Waals surface area contributed by atoms with Crippen LogP contribution in [0.1, 0.15) is 11.3 Å². The van der Waals surface area contributed by atoms with Gasteiger partial charge in [-0.15, -0.1) is 0 Å². The van der Waals surface area contributed by atoms with Gasteiger partial charge in [-0.2, -0.15) is 5.26 Å². The van der Waals surface area contributed by atoms with Crippen LogP contribution in [0.2, 0.25) is 0 Å². The van der Waals surface area contributed by atoms with Crippen LogP contribution in [0.25, 0.3) is 0 Å². The van der Waals surface area contributed by atoms with Crippen molar-refractivity contribution < 1.29 is 4.92 Å². The number of nitro groups is 1. The Morgan fingerprint density at radius 2 is 2.37 bits per heavy atom. The van der Waals surface area contributed by atoms with Crippen molar-refractivity contribution in [3.63, 3.8) is 0 Å². The number of aromatic amines is 1. The molecule has 2 rings (SSSR count).